The van der Waals surface area contributed by atoms with Crippen LogP contribution in [0.15, 0.2) is 30.5 Å². The number of hydrogen-bond acceptors (Lipinski definition) is 6. The molecule has 0 fully saturated rings. The molecule has 0 aliphatic rings. The Labute approximate surface area is 141 Å². The maximum atomic E-state index is 13.2. The molecule has 3 rings (SSSR count). The first-order valence-corrected chi connectivity index (χ1v) is 7.35. The molecular formula is C16H14FN5O3. The number of ether oxygens (including phenoxy) is 1. The van der Waals surface area contributed by atoms with Crippen LogP contribution >= 0.6 is 0 Å². The third kappa shape index (κ3) is 3.60. The summed E-state index contributed by atoms with van der Waals surface area (Å²) in [5.41, 5.74) is 1.74. The Bertz CT molecular complexity index is 970. The van der Waals surface area contributed by atoms with Crippen LogP contribution in [0.4, 0.5) is 10.1 Å². The second-order valence-corrected chi connectivity index (χ2v) is 5.32. The third-order valence-corrected chi connectivity index (χ3v) is 3.42. The van der Waals surface area contributed by atoms with E-state index in [0.29, 0.717) is 11.3 Å². The van der Waals surface area contributed by atoms with Gasteiger partial charge in [0.2, 0.25) is 0 Å². The number of fused-ring (bicyclic) bond motifs is 1. The Balaban J connectivity index is 1.64. The largest absolute Gasteiger partial charge is 0.450 e. The van der Waals surface area contributed by atoms with Crippen molar-refractivity contribution in [2.24, 2.45) is 0 Å². The molecule has 1 N–H and O–H groups in total. The molecular weight excluding hydrogens is 329 g/mol. The summed E-state index contributed by atoms with van der Waals surface area (Å²) in [5, 5.41) is 6.47. The molecule has 0 atom stereocenters. The molecule has 0 aliphatic carbocycles. The van der Waals surface area contributed by atoms with Crippen LogP contribution in [0, 0.1) is 19.7 Å². The van der Waals surface area contributed by atoms with E-state index in [2.05, 4.69) is 20.4 Å². The number of aryl methyl sites for hydroxylation is 2. The Kier molecular flexibility index (Phi) is 4.38. The lowest BCUT2D eigenvalue weighted by Gasteiger charge is -2.08. The third-order valence-electron chi connectivity index (χ3n) is 3.42. The highest BCUT2D eigenvalue weighted by Crippen LogP contribution is 2.15. The van der Waals surface area contributed by atoms with Crippen LogP contribution in [-0.2, 0) is 9.53 Å². The molecule has 25 heavy (non-hydrogen) atoms. The summed E-state index contributed by atoms with van der Waals surface area (Å²) in [4.78, 5) is 31.8. The van der Waals surface area contributed by atoms with Crippen molar-refractivity contribution in [3.63, 3.8) is 0 Å². The Hall–Kier alpha value is -3.36. The first kappa shape index (κ1) is 16.5. The Morgan fingerprint density at radius 2 is 2.08 bits per heavy atom. The highest BCUT2D eigenvalue weighted by molar-refractivity contribution is 5.94. The molecule has 0 spiro atoms. The number of benzene rings is 1. The van der Waals surface area contributed by atoms with Gasteiger partial charge in [0.05, 0.1) is 0 Å². The second-order valence-electron chi connectivity index (χ2n) is 5.32. The minimum absolute atomic E-state index is 0.198. The minimum atomic E-state index is -0.851. The van der Waals surface area contributed by atoms with E-state index in [1.807, 2.05) is 0 Å². The fourth-order valence-corrected chi connectivity index (χ4v) is 2.10. The molecule has 0 aliphatic heterocycles. The van der Waals surface area contributed by atoms with Crippen molar-refractivity contribution >= 4 is 23.3 Å². The number of hydrogen-bond donors (Lipinski definition) is 1. The van der Waals surface area contributed by atoms with Crippen molar-refractivity contribution < 1.29 is 18.7 Å². The molecule has 0 unspecified atom stereocenters. The zero-order valence-electron chi connectivity index (χ0n) is 13.5. The predicted octanol–water partition coefficient (Wildman–Crippen LogP) is 1.68. The first-order chi connectivity index (χ1) is 11.9. The molecule has 2 heterocycles. The Morgan fingerprint density at radius 3 is 2.84 bits per heavy atom. The van der Waals surface area contributed by atoms with Crippen LogP contribution in [0.2, 0.25) is 0 Å². The molecule has 8 nitrogen and oxygen atoms in total. The fourth-order valence-electron chi connectivity index (χ4n) is 2.10. The van der Waals surface area contributed by atoms with Crippen LogP contribution < -0.4 is 5.32 Å². The van der Waals surface area contributed by atoms with Crippen LogP contribution in [0.1, 0.15) is 21.9 Å². The number of halogens is 1. The van der Waals surface area contributed by atoms with Gasteiger partial charge in [-0.3, -0.25) is 4.79 Å². The van der Waals surface area contributed by atoms with Gasteiger partial charge in [0.1, 0.15) is 5.82 Å². The molecule has 3 aromatic rings. The molecule has 128 valence electrons. The quantitative estimate of drug-likeness (QED) is 0.724. The number of esters is 1. The van der Waals surface area contributed by atoms with Crippen molar-refractivity contribution in [1.29, 1.82) is 0 Å². The number of rotatable bonds is 4. The summed E-state index contributed by atoms with van der Waals surface area (Å²) in [7, 11) is 0. The topological polar surface area (TPSA) is 98.5 Å². The normalized spacial score (nSPS) is 10.7. The molecule has 1 amide bonds. The molecule has 1 aromatic carbocycles. The molecule has 0 saturated heterocycles. The smallest absolute Gasteiger partial charge is 0.378 e. The lowest BCUT2D eigenvalue weighted by atomic mass is 10.2. The van der Waals surface area contributed by atoms with E-state index in [4.69, 9.17) is 4.74 Å². The van der Waals surface area contributed by atoms with Crippen molar-refractivity contribution in [3.05, 3.63) is 53.4 Å². The lowest BCUT2D eigenvalue weighted by molar-refractivity contribution is -0.119. The zero-order valence-corrected chi connectivity index (χ0v) is 13.5. The van der Waals surface area contributed by atoms with Gasteiger partial charge in [-0.15, -0.1) is 5.10 Å². The molecule has 0 bridgehead atoms. The predicted molar refractivity (Wildman–Crippen MR) is 85.6 cm³/mol. The lowest BCUT2D eigenvalue weighted by Crippen LogP contribution is -2.22. The number of anilines is 1. The van der Waals surface area contributed by atoms with E-state index >= 15 is 0 Å². The van der Waals surface area contributed by atoms with Crippen LogP contribution in [0.25, 0.3) is 5.78 Å². The van der Waals surface area contributed by atoms with Gasteiger partial charge in [-0.25, -0.2) is 18.7 Å². The maximum Gasteiger partial charge on any atom is 0.378 e. The number of aromatic nitrogens is 4. The highest BCUT2D eigenvalue weighted by Gasteiger charge is 2.17. The monoisotopic (exact) mass is 343 g/mol. The summed E-state index contributed by atoms with van der Waals surface area (Å²) in [6.07, 6.45) is 1.54. The molecule has 9 heteroatoms. The number of nitrogens with one attached hydrogen (secondary N) is 1. The number of carbonyl (C=O) groups is 2. The summed E-state index contributed by atoms with van der Waals surface area (Å²) in [5.74, 6) is -1.87. The average molecular weight is 343 g/mol. The van der Waals surface area contributed by atoms with E-state index < -0.39 is 24.3 Å². The molecule has 0 radical (unpaired) electrons. The van der Waals surface area contributed by atoms with Gasteiger partial charge in [-0.1, -0.05) is 6.07 Å². The average Bonchev–Trinajstić information content (AvgIpc) is 3.02. The van der Waals surface area contributed by atoms with Crippen molar-refractivity contribution in [2.75, 3.05) is 11.9 Å². The first-order valence-electron chi connectivity index (χ1n) is 7.35. The van der Waals surface area contributed by atoms with Crippen LogP contribution in [0.5, 0.6) is 0 Å². The summed E-state index contributed by atoms with van der Waals surface area (Å²) >= 11 is 0. The van der Waals surface area contributed by atoms with E-state index in [9.17, 15) is 14.0 Å². The fraction of sp³-hybridized carbons (Fsp3) is 0.188. The van der Waals surface area contributed by atoms with Gasteiger partial charge in [-0.05, 0) is 37.6 Å². The van der Waals surface area contributed by atoms with Gasteiger partial charge in [-0.2, -0.15) is 4.98 Å². The SMILES string of the molecule is Cc1ccc(F)cc1NC(=O)COC(=O)c1nc2nccc(C)n2n1. The second kappa shape index (κ2) is 6.63. The summed E-state index contributed by atoms with van der Waals surface area (Å²) in [6, 6.07) is 5.72. The van der Waals surface area contributed by atoms with Crippen molar-refractivity contribution in [3.8, 4) is 0 Å². The van der Waals surface area contributed by atoms with Gasteiger partial charge in [0.25, 0.3) is 17.5 Å². The van der Waals surface area contributed by atoms with E-state index in [-0.39, 0.29) is 11.6 Å². The van der Waals surface area contributed by atoms with E-state index in [1.165, 1.54) is 22.7 Å². The van der Waals surface area contributed by atoms with E-state index in [1.54, 1.807) is 26.1 Å². The van der Waals surface area contributed by atoms with Gasteiger partial charge in [0, 0.05) is 17.6 Å². The number of carbonyl (C=O) groups excluding carboxylic acids is 2. The standard InChI is InChI=1S/C16H14FN5O3/c1-9-3-4-11(17)7-12(9)19-13(23)8-25-15(24)14-20-16-18-6-5-10(2)22(16)21-14/h3-7H,8H2,1-2H3,(H,19,23). The maximum absolute atomic E-state index is 13.2. The molecule has 2 aromatic heterocycles. The molecule has 0 saturated carbocycles. The van der Waals surface area contributed by atoms with Crippen LogP contribution in [-0.4, -0.2) is 38.1 Å². The Morgan fingerprint density at radius 1 is 1.28 bits per heavy atom. The highest BCUT2D eigenvalue weighted by atomic mass is 19.1. The van der Waals surface area contributed by atoms with Crippen molar-refractivity contribution in [2.45, 2.75) is 13.8 Å². The summed E-state index contributed by atoms with van der Waals surface area (Å²) in [6.45, 7) is 2.96. The van der Waals surface area contributed by atoms with Gasteiger partial charge >= 0.3 is 5.97 Å². The number of amides is 1. The number of nitrogens with zero attached hydrogens (tertiary/aromatic N) is 4. The van der Waals surface area contributed by atoms with Crippen LogP contribution in [0.3, 0.4) is 0 Å². The van der Waals surface area contributed by atoms with Gasteiger partial charge in [0.15, 0.2) is 6.61 Å². The minimum Gasteiger partial charge on any atom is -0.450 e. The van der Waals surface area contributed by atoms with E-state index in [0.717, 1.165) is 5.69 Å². The summed E-state index contributed by atoms with van der Waals surface area (Å²) < 4.78 is 19.5. The van der Waals surface area contributed by atoms with Crippen molar-refractivity contribution in [1.82, 2.24) is 19.6 Å². The van der Waals surface area contributed by atoms with Gasteiger partial charge < -0.3 is 10.1 Å². The zero-order chi connectivity index (χ0) is 18.0.